The van der Waals surface area contributed by atoms with Crippen LogP contribution < -0.4 is 0 Å². The highest BCUT2D eigenvalue weighted by Crippen LogP contribution is 2.24. The van der Waals surface area contributed by atoms with Gasteiger partial charge in [0.15, 0.2) is 0 Å². The van der Waals surface area contributed by atoms with E-state index in [0.29, 0.717) is 13.0 Å². The van der Waals surface area contributed by atoms with Gasteiger partial charge in [0.25, 0.3) is 0 Å². The van der Waals surface area contributed by atoms with E-state index in [1.807, 2.05) is 0 Å². The second-order valence-corrected chi connectivity index (χ2v) is 5.32. The number of likely N-dealkylation sites (tertiary alicyclic amines) is 1. The molecule has 0 radical (unpaired) electrons. The van der Waals surface area contributed by atoms with E-state index in [4.69, 9.17) is 5.11 Å². The zero-order chi connectivity index (χ0) is 15.5. The number of alkyl halides is 3. The van der Waals surface area contributed by atoms with E-state index in [-0.39, 0.29) is 18.9 Å². The molecule has 2 amide bonds. The van der Waals surface area contributed by atoms with Gasteiger partial charge in [-0.05, 0) is 26.2 Å². The number of urea groups is 1. The van der Waals surface area contributed by atoms with Gasteiger partial charge in [-0.15, -0.1) is 0 Å². The summed E-state index contributed by atoms with van der Waals surface area (Å²) >= 11 is 0. The van der Waals surface area contributed by atoms with E-state index in [0.717, 1.165) is 4.90 Å². The number of halogens is 3. The van der Waals surface area contributed by atoms with Crippen LogP contribution in [0, 0.1) is 5.92 Å². The fourth-order valence-electron chi connectivity index (χ4n) is 2.27. The lowest BCUT2D eigenvalue weighted by molar-refractivity contribution is -0.143. The predicted molar refractivity (Wildman–Crippen MR) is 65.2 cm³/mol. The monoisotopic (exact) mass is 296 g/mol. The number of hydrogen-bond acceptors (Lipinski definition) is 2. The minimum atomic E-state index is -4.44. The first-order valence-electron chi connectivity index (χ1n) is 6.44. The van der Waals surface area contributed by atoms with Gasteiger partial charge >= 0.3 is 18.2 Å². The summed E-state index contributed by atoms with van der Waals surface area (Å²) < 4.78 is 37.4. The fraction of sp³-hybridized carbons (Fsp3) is 0.833. The third-order valence-electron chi connectivity index (χ3n) is 3.24. The zero-order valence-electron chi connectivity index (χ0n) is 11.5. The van der Waals surface area contributed by atoms with Crippen LogP contribution >= 0.6 is 0 Å². The average Bonchev–Trinajstić information content (AvgIpc) is 2.71. The minimum absolute atomic E-state index is 0.0648. The van der Waals surface area contributed by atoms with Gasteiger partial charge < -0.3 is 14.9 Å². The number of carbonyl (C=O) groups excluding carboxylic acids is 1. The molecule has 1 fully saturated rings. The largest absolute Gasteiger partial charge is 0.481 e. The van der Waals surface area contributed by atoms with Gasteiger partial charge in [0.1, 0.15) is 6.54 Å². The molecule has 1 rings (SSSR count). The SMILES string of the molecule is CC(C)N(CC(F)(F)F)C(=O)N1CCC(CC(=O)O)C1. The van der Waals surface area contributed by atoms with Crippen LogP contribution in [-0.4, -0.2) is 58.8 Å². The second kappa shape index (κ2) is 6.32. The summed E-state index contributed by atoms with van der Waals surface area (Å²) in [6.45, 7) is 2.26. The number of hydrogen-bond donors (Lipinski definition) is 1. The Morgan fingerprint density at radius 3 is 2.45 bits per heavy atom. The van der Waals surface area contributed by atoms with Crippen LogP contribution in [0.15, 0.2) is 0 Å². The van der Waals surface area contributed by atoms with Crippen molar-refractivity contribution >= 4 is 12.0 Å². The number of carbonyl (C=O) groups is 2. The lowest BCUT2D eigenvalue weighted by Crippen LogP contribution is -2.49. The van der Waals surface area contributed by atoms with E-state index >= 15 is 0 Å². The molecule has 0 saturated carbocycles. The highest BCUT2D eigenvalue weighted by molar-refractivity contribution is 5.75. The molecule has 116 valence electrons. The Balaban J connectivity index is 2.65. The Bertz CT molecular complexity index is 371. The van der Waals surface area contributed by atoms with Crippen LogP contribution in [0.5, 0.6) is 0 Å². The molecule has 0 aliphatic carbocycles. The molecule has 1 unspecified atom stereocenters. The van der Waals surface area contributed by atoms with E-state index in [9.17, 15) is 22.8 Å². The third-order valence-corrected chi connectivity index (χ3v) is 3.24. The molecule has 1 heterocycles. The Morgan fingerprint density at radius 2 is 2.00 bits per heavy atom. The Kier molecular flexibility index (Phi) is 5.24. The van der Waals surface area contributed by atoms with Gasteiger partial charge in [0, 0.05) is 25.6 Å². The summed E-state index contributed by atoms with van der Waals surface area (Å²) in [6.07, 6.45) is -4.00. The van der Waals surface area contributed by atoms with Gasteiger partial charge in [-0.1, -0.05) is 0 Å². The Labute approximate surface area is 115 Å². The maximum absolute atomic E-state index is 12.5. The average molecular weight is 296 g/mol. The van der Waals surface area contributed by atoms with E-state index in [1.54, 1.807) is 0 Å². The molecule has 1 saturated heterocycles. The fourth-order valence-corrected chi connectivity index (χ4v) is 2.27. The molecule has 0 aromatic heterocycles. The molecule has 8 heteroatoms. The molecule has 1 N–H and O–H groups in total. The van der Waals surface area contributed by atoms with Crippen LogP contribution in [0.2, 0.25) is 0 Å². The van der Waals surface area contributed by atoms with Gasteiger partial charge in [0.05, 0.1) is 0 Å². The van der Waals surface area contributed by atoms with E-state index in [1.165, 1.54) is 18.7 Å². The number of aliphatic carboxylic acids is 1. The van der Waals surface area contributed by atoms with Crippen LogP contribution in [0.1, 0.15) is 26.7 Å². The lowest BCUT2D eigenvalue weighted by atomic mass is 10.1. The van der Waals surface area contributed by atoms with Gasteiger partial charge in [0.2, 0.25) is 0 Å². The van der Waals surface area contributed by atoms with E-state index in [2.05, 4.69) is 0 Å². The summed E-state index contributed by atoms with van der Waals surface area (Å²) in [5, 5.41) is 8.69. The van der Waals surface area contributed by atoms with Crippen molar-refractivity contribution in [3.8, 4) is 0 Å². The first kappa shape index (κ1) is 16.6. The zero-order valence-corrected chi connectivity index (χ0v) is 11.5. The molecular formula is C12H19F3N2O3. The molecule has 1 atom stereocenters. The van der Waals surface area contributed by atoms with Crippen LogP contribution in [-0.2, 0) is 4.79 Å². The summed E-state index contributed by atoms with van der Waals surface area (Å²) in [5.74, 6) is -1.14. The van der Waals surface area contributed by atoms with Gasteiger partial charge in [-0.2, -0.15) is 13.2 Å². The van der Waals surface area contributed by atoms with Crippen molar-refractivity contribution in [3.63, 3.8) is 0 Å². The van der Waals surface area contributed by atoms with E-state index < -0.39 is 30.8 Å². The first-order chi connectivity index (χ1) is 9.10. The number of nitrogens with zero attached hydrogens (tertiary/aromatic N) is 2. The maximum Gasteiger partial charge on any atom is 0.406 e. The first-order valence-corrected chi connectivity index (χ1v) is 6.44. The van der Waals surface area contributed by atoms with Crippen molar-refractivity contribution in [2.24, 2.45) is 5.92 Å². The highest BCUT2D eigenvalue weighted by atomic mass is 19.4. The van der Waals surface area contributed by atoms with Crippen molar-refractivity contribution < 1.29 is 27.9 Å². The van der Waals surface area contributed by atoms with Crippen molar-refractivity contribution in [2.45, 2.75) is 38.9 Å². The predicted octanol–water partition coefficient (Wildman–Crippen LogP) is 2.18. The number of amides is 2. The van der Waals surface area contributed by atoms with Gasteiger partial charge in [-0.3, -0.25) is 4.79 Å². The van der Waals surface area contributed by atoms with Gasteiger partial charge in [-0.25, -0.2) is 4.79 Å². The van der Waals surface area contributed by atoms with Crippen molar-refractivity contribution in [3.05, 3.63) is 0 Å². The molecule has 5 nitrogen and oxygen atoms in total. The summed E-state index contributed by atoms with van der Waals surface area (Å²) in [6, 6.07) is -1.24. The van der Waals surface area contributed by atoms with Crippen molar-refractivity contribution in [1.29, 1.82) is 0 Å². The highest BCUT2D eigenvalue weighted by Gasteiger charge is 2.37. The van der Waals surface area contributed by atoms with Crippen molar-refractivity contribution in [1.82, 2.24) is 9.80 Å². The summed E-state index contributed by atoms with van der Waals surface area (Å²) in [4.78, 5) is 24.8. The Morgan fingerprint density at radius 1 is 1.40 bits per heavy atom. The molecule has 0 bridgehead atoms. The molecular weight excluding hydrogens is 277 g/mol. The molecule has 0 aromatic carbocycles. The number of carboxylic acids is 1. The molecule has 1 aliphatic rings. The number of rotatable bonds is 4. The third kappa shape index (κ3) is 4.90. The van der Waals surface area contributed by atoms with Crippen molar-refractivity contribution in [2.75, 3.05) is 19.6 Å². The maximum atomic E-state index is 12.5. The molecule has 0 aromatic rings. The Hall–Kier alpha value is -1.47. The van der Waals surface area contributed by atoms with Crippen LogP contribution in [0.4, 0.5) is 18.0 Å². The normalized spacial score (nSPS) is 19.5. The summed E-state index contributed by atoms with van der Waals surface area (Å²) in [7, 11) is 0. The molecule has 1 aliphatic heterocycles. The smallest absolute Gasteiger partial charge is 0.406 e. The minimum Gasteiger partial charge on any atom is -0.481 e. The standard InChI is InChI=1S/C12H19F3N2O3/c1-8(2)17(7-12(13,14)15)11(20)16-4-3-9(6-16)5-10(18)19/h8-9H,3-7H2,1-2H3,(H,18,19). The quantitative estimate of drug-likeness (QED) is 0.865. The molecule has 20 heavy (non-hydrogen) atoms. The van der Waals surface area contributed by atoms with Crippen LogP contribution in [0.3, 0.4) is 0 Å². The lowest BCUT2D eigenvalue weighted by Gasteiger charge is -2.31. The molecule has 0 spiro atoms. The van der Waals surface area contributed by atoms with Crippen LogP contribution in [0.25, 0.3) is 0 Å². The number of carboxylic acid groups (broad SMARTS) is 1. The second-order valence-electron chi connectivity index (χ2n) is 5.32. The topological polar surface area (TPSA) is 60.9 Å². The summed E-state index contributed by atoms with van der Waals surface area (Å²) in [5.41, 5.74) is 0.